The summed E-state index contributed by atoms with van der Waals surface area (Å²) < 4.78 is 1.80. The summed E-state index contributed by atoms with van der Waals surface area (Å²) in [5.74, 6) is -0.399. The van der Waals surface area contributed by atoms with E-state index >= 15 is 0 Å². The zero-order valence-corrected chi connectivity index (χ0v) is 8.79. The Morgan fingerprint density at radius 3 is 2.79 bits per heavy atom. The lowest BCUT2D eigenvalue weighted by molar-refractivity contribution is 0.0999. The molecule has 4 heteroatoms. The molecule has 0 saturated heterocycles. The summed E-state index contributed by atoms with van der Waals surface area (Å²) in [5, 5.41) is 4.22. The van der Waals surface area contributed by atoms with Crippen LogP contribution in [0.25, 0.3) is 0 Å². The van der Waals surface area contributed by atoms with Gasteiger partial charge in [-0.2, -0.15) is 5.10 Å². The lowest BCUT2D eigenvalue weighted by Crippen LogP contribution is -2.11. The highest BCUT2D eigenvalue weighted by Crippen LogP contribution is 2.06. The molecule has 1 aromatic rings. The molecule has 1 heterocycles. The maximum atomic E-state index is 10.9. The van der Waals surface area contributed by atoms with Crippen LogP contribution in [0.3, 0.4) is 0 Å². The first-order valence-corrected chi connectivity index (χ1v) is 4.99. The van der Waals surface area contributed by atoms with E-state index in [1.54, 1.807) is 17.8 Å². The molecule has 0 aliphatic carbocycles. The van der Waals surface area contributed by atoms with E-state index in [1.165, 1.54) is 12.8 Å². The number of carbonyl (C=O) groups excluding carboxylic acids is 1. The van der Waals surface area contributed by atoms with Crippen molar-refractivity contribution in [1.29, 1.82) is 0 Å². The van der Waals surface area contributed by atoms with E-state index in [9.17, 15) is 4.79 Å². The first-order valence-electron chi connectivity index (χ1n) is 4.99. The van der Waals surface area contributed by atoms with Gasteiger partial charge < -0.3 is 5.73 Å². The molecule has 0 radical (unpaired) electrons. The Morgan fingerprint density at radius 2 is 2.29 bits per heavy atom. The molecule has 0 unspecified atom stereocenters. The fourth-order valence-electron chi connectivity index (χ4n) is 1.40. The van der Waals surface area contributed by atoms with Crippen LogP contribution in [0.5, 0.6) is 0 Å². The predicted octanol–water partition coefficient (Wildman–Crippen LogP) is 1.48. The molecule has 14 heavy (non-hydrogen) atoms. The summed E-state index contributed by atoms with van der Waals surface area (Å²) in [6, 6.07) is 0. The molecule has 2 N–H and O–H groups in total. The number of amides is 1. The summed E-state index contributed by atoms with van der Waals surface area (Å²) in [5.41, 5.74) is 6.44. The number of nitrogens with zero attached hydrogens (tertiary/aromatic N) is 2. The Balaban J connectivity index is 2.62. The van der Waals surface area contributed by atoms with Gasteiger partial charge in [-0.15, -0.1) is 0 Å². The Kier molecular flexibility index (Phi) is 3.68. The third-order valence-electron chi connectivity index (χ3n) is 2.20. The monoisotopic (exact) mass is 195 g/mol. The van der Waals surface area contributed by atoms with Crippen LogP contribution < -0.4 is 5.73 Å². The molecule has 0 spiro atoms. The summed E-state index contributed by atoms with van der Waals surface area (Å²) in [4.78, 5) is 10.9. The van der Waals surface area contributed by atoms with Gasteiger partial charge in [0.05, 0.1) is 11.3 Å². The molecular formula is C10H17N3O. The largest absolute Gasteiger partial charge is 0.365 e. The third kappa shape index (κ3) is 2.58. The van der Waals surface area contributed by atoms with Crippen LogP contribution in [-0.4, -0.2) is 15.7 Å². The van der Waals surface area contributed by atoms with Crippen molar-refractivity contribution < 1.29 is 4.79 Å². The van der Waals surface area contributed by atoms with Crippen LogP contribution in [0.1, 0.15) is 42.2 Å². The van der Waals surface area contributed by atoms with Crippen LogP contribution >= 0.6 is 0 Å². The Labute approximate surface area is 84.1 Å². The van der Waals surface area contributed by atoms with Gasteiger partial charge in [-0.3, -0.25) is 9.48 Å². The van der Waals surface area contributed by atoms with Gasteiger partial charge in [-0.05, 0) is 13.3 Å². The van der Waals surface area contributed by atoms with E-state index in [2.05, 4.69) is 12.0 Å². The molecule has 1 aromatic heterocycles. The second-order valence-electron chi connectivity index (χ2n) is 3.46. The molecule has 4 nitrogen and oxygen atoms in total. The van der Waals surface area contributed by atoms with Crippen molar-refractivity contribution in [2.75, 3.05) is 0 Å². The van der Waals surface area contributed by atoms with E-state index in [0.717, 1.165) is 13.0 Å². The number of aryl methyl sites for hydroxylation is 2. The van der Waals surface area contributed by atoms with Gasteiger partial charge in [-0.1, -0.05) is 19.8 Å². The second-order valence-corrected chi connectivity index (χ2v) is 3.46. The Bertz CT molecular complexity index is 317. The highest BCUT2D eigenvalue weighted by molar-refractivity contribution is 5.93. The van der Waals surface area contributed by atoms with Gasteiger partial charge in [0.25, 0.3) is 5.91 Å². The molecule has 0 aliphatic rings. The van der Waals surface area contributed by atoms with Crippen molar-refractivity contribution >= 4 is 5.91 Å². The average Bonchev–Trinajstić information content (AvgIpc) is 2.47. The van der Waals surface area contributed by atoms with Crippen molar-refractivity contribution in [3.8, 4) is 0 Å². The van der Waals surface area contributed by atoms with Crippen LogP contribution in [0.4, 0.5) is 0 Å². The highest BCUT2D eigenvalue weighted by Gasteiger charge is 2.08. The van der Waals surface area contributed by atoms with Gasteiger partial charge in [0.15, 0.2) is 0 Å². The summed E-state index contributed by atoms with van der Waals surface area (Å²) in [6.45, 7) is 4.82. The standard InChI is InChI=1S/C10H17N3O/c1-3-4-5-6-13-7-9(10(11)14)8(2)12-13/h7H,3-6H2,1-2H3,(H2,11,14). The van der Waals surface area contributed by atoms with E-state index in [0.29, 0.717) is 11.3 Å². The van der Waals surface area contributed by atoms with Gasteiger partial charge in [0, 0.05) is 12.7 Å². The molecule has 0 aliphatic heterocycles. The van der Waals surface area contributed by atoms with E-state index in [4.69, 9.17) is 5.73 Å². The molecule has 0 atom stereocenters. The maximum Gasteiger partial charge on any atom is 0.252 e. The van der Waals surface area contributed by atoms with Crippen molar-refractivity contribution in [3.63, 3.8) is 0 Å². The van der Waals surface area contributed by atoms with Crippen LogP contribution in [0.15, 0.2) is 6.20 Å². The number of aromatic nitrogens is 2. The molecule has 0 saturated carbocycles. The van der Waals surface area contributed by atoms with Crippen LogP contribution in [0.2, 0.25) is 0 Å². The molecule has 0 aromatic carbocycles. The Morgan fingerprint density at radius 1 is 1.57 bits per heavy atom. The fraction of sp³-hybridized carbons (Fsp3) is 0.600. The number of carbonyl (C=O) groups is 1. The summed E-state index contributed by atoms with van der Waals surface area (Å²) >= 11 is 0. The Hall–Kier alpha value is -1.32. The molecule has 0 bridgehead atoms. The highest BCUT2D eigenvalue weighted by atomic mass is 16.1. The topological polar surface area (TPSA) is 60.9 Å². The van der Waals surface area contributed by atoms with Gasteiger partial charge >= 0.3 is 0 Å². The van der Waals surface area contributed by atoms with Crippen molar-refractivity contribution in [2.24, 2.45) is 5.73 Å². The van der Waals surface area contributed by atoms with E-state index in [1.807, 2.05) is 0 Å². The molecule has 1 rings (SSSR count). The van der Waals surface area contributed by atoms with E-state index < -0.39 is 5.91 Å². The first-order chi connectivity index (χ1) is 6.65. The minimum atomic E-state index is -0.399. The number of nitrogens with two attached hydrogens (primary N) is 1. The third-order valence-corrected chi connectivity index (χ3v) is 2.20. The smallest absolute Gasteiger partial charge is 0.252 e. The number of rotatable bonds is 5. The van der Waals surface area contributed by atoms with Crippen molar-refractivity contribution in [1.82, 2.24) is 9.78 Å². The van der Waals surface area contributed by atoms with Crippen LogP contribution in [0, 0.1) is 6.92 Å². The van der Waals surface area contributed by atoms with Crippen LogP contribution in [-0.2, 0) is 6.54 Å². The lowest BCUT2D eigenvalue weighted by Gasteiger charge is -1.98. The van der Waals surface area contributed by atoms with E-state index in [-0.39, 0.29) is 0 Å². The second kappa shape index (κ2) is 4.79. The summed E-state index contributed by atoms with van der Waals surface area (Å²) in [6.07, 6.45) is 5.19. The lowest BCUT2D eigenvalue weighted by atomic mass is 10.2. The molecular weight excluding hydrogens is 178 g/mol. The summed E-state index contributed by atoms with van der Waals surface area (Å²) in [7, 11) is 0. The molecule has 1 amide bonds. The number of primary amides is 1. The van der Waals surface area contributed by atoms with Crippen molar-refractivity contribution in [3.05, 3.63) is 17.5 Å². The number of hydrogen-bond acceptors (Lipinski definition) is 2. The first kappa shape index (κ1) is 10.8. The predicted molar refractivity (Wildman–Crippen MR) is 55.0 cm³/mol. The maximum absolute atomic E-state index is 10.9. The number of hydrogen-bond donors (Lipinski definition) is 1. The van der Waals surface area contributed by atoms with Gasteiger partial charge in [0.1, 0.15) is 0 Å². The normalized spacial score (nSPS) is 10.4. The fourth-order valence-corrected chi connectivity index (χ4v) is 1.40. The molecule has 0 fully saturated rings. The number of unbranched alkanes of at least 4 members (excludes halogenated alkanes) is 2. The zero-order valence-electron chi connectivity index (χ0n) is 8.79. The van der Waals surface area contributed by atoms with Gasteiger partial charge in [-0.25, -0.2) is 0 Å². The van der Waals surface area contributed by atoms with Crippen molar-refractivity contribution in [2.45, 2.75) is 39.7 Å². The quantitative estimate of drug-likeness (QED) is 0.723. The van der Waals surface area contributed by atoms with Gasteiger partial charge in [0.2, 0.25) is 0 Å². The molecule has 78 valence electrons. The SMILES string of the molecule is CCCCCn1cc(C(N)=O)c(C)n1. The minimum Gasteiger partial charge on any atom is -0.365 e. The zero-order chi connectivity index (χ0) is 10.6. The minimum absolute atomic E-state index is 0.399. The average molecular weight is 195 g/mol.